The molecule has 0 bridgehead atoms. The van der Waals surface area contributed by atoms with Crippen LogP contribution in [0.3, 0.4) is 0 Å². The highest BCUT2D eigenvalue weighted by Crippen LogP contribution is 2.40. The Labute approximate surface area is 119 Å². The first-order valence-electron chi connectivity index (χ1n) is 6.88. The van der Waals surface area contributed by atoms with E-state index in [1.807, 2.05) is 29.2 Å². The molecule has 104 valence electrons. The summed E-state index contributed by atoms with van der Waals surface area (Å²) in [6.07, 6.45) is 3.05. The Morgan fingerprint density at radius 1 is 1.53 bits per heavy atom. The van der Waals surface area contributed by atoms with Crippen molar-refractivity contribution in [1.82, 2.24) is 0 Å². The molecule has 0 aromatic heterocycles. The average Bonchev–Trinajstić information content (AvgIpc) is 2.83. The minimum atomic E-state index is -0.264. The number of hydrogen-bond acceptors (Lipinski definition) is 3. The minimum absolute atomic E-state index is 0.224. The minimum Gasteiger partial charge on any atom is -0.399 e. The molecule has 1 amide bonds. The van der Waals surface area contributed by atoms with Gasteiger partial charge >= 0.3 is 0 Å². The quantitative estimate of drug-likeness (QED) is 0.860. The summed E-state index contributed by atoms with van der Waals surface area (Å²) >= 11 is 1.78. The molecule has 2 N–H and O–H groups in total. The molecule has 1 aliphatic heterocycles. The van der Waals surface area contributed by atoms with Gasteiger partial charge in [-0.1, -0.05) is 13.0 Å². The number of carbonyl (C=O) groups excluding carboxylic acids is 1. The number of carbonyl (C=O) groups is 1. The maximum absolute atomic E-state index is 12.8. The lowest BCUT2D eigenvalue weighted by Gasteiger charge is -2.31. The van der Waals surface area contributed by atoms with Crippen molar-refractivity contribution < 1.29 is 4.79 Å². The van der Waals surface area contributed by atoms with Crippen LogP contribution >= 0.6 is 11.8 Å². The largest absolute Gasteiger partial charge is 0.399 e. The SMILES string of the molecule is CCCN(C(=O)C1(C)CCCS1)c1cccc(N)c1. The van der Waals surface area contributed by atoms with E-state index >= 15 is 0 Å². The fourth-order valence-electron chi connectivity index (χ4n) is 2.50. The van der Waals surface area contributed by atoms with E-state index in [4.69, 9.17) is 5.73 Å². The number of amides is 1. The van der Waals surface area contributed by atoms with Crippen molar-refractivity contribution in [3.8, 4) is 0 Å². The average molecular weight is 278 g/mol. The van der Waals surface area contributed by atoms with Crippen molar-refractivity contribution in [3.63, 3.8) is 0 Å². The third-order valence-electron chi connectivity index (χ3n) is 3.55. The number of anilines is 2. The molecule has 1 atom stereocenters. The summed E-state index contributed by atoms with van der Waals surface area (Å²) in [7, 11) is 0. The van der Waals surface area contributed by atoms with Crippen LogP contribution < -0.4 is 10.6 Å². The van der Waals surface area contributed by atoms with Crippen molar-refractivity contribution in [3.05, 3.63) is 24.3 Å². The first kappa shape index (κ1) is 14.3. The van der Waals surface area contributed by atoms with E-state index in [9.17, 15) is 4.79 Å². The molecule has 19 heavy (non-hydrogen) atoms. The number of nitrogens with zero attached hydrogens (tertiary/aromatic N) is 1. The summed E-state index contributed by atoms with van der Waals surface area (Å²) < 4.78 is -0.264. The topological polar surface area (TPSA) is 46.3 Å². The Balaban J connectivity index is 2.27. The van der Waals surface area contributed by atoms with E-state index in [-0.39, 0.29) is 10.7 Å². The fraction of sp³-hybridized carbons (Fsp3) is 0.533. The second-order valence-electron chi connectivity index (χ2n) is 5.23. The second kappa shape index (κ2) is 5.87. The Morgan fingerprint density at radius 3 is 2.89 bits per heavy atom. The first-order chi connectivity index (χ1) is 9.07. The maximum atomic E-state index is 12.8. The summed E-state index contributed by atoms with van der Waals surface area (Å²) in [6, 6.07) is 7.61. The Bertz CT molecular complexity index is 455. The summed E-state index contributed by atoms with van der Waals surface area (Å²) in [5.41, 5.74) is 7.46. The van der Waals surface area contributed by atoms with Gasteiger partial charge in [-0.15, -0.1) is 11.8 Å². The monoisotopic (exact) mass is 278 g/mol. The molecule has 1 fully saturated rings. The van der Waals surface area contributed by atoms with Crippen molar-refractivity contribution in [2.45, 2.75) is 37.9 Å². The number of thioether (sulfide) groups is 1. The molecule has 1 unspecified atom stereocenters. The lowest BCUT2D eigenvalue weighted by Crippen LogP contribution is -2.44. The van der Waals surface area contributed by atoms with Gasteiger partial charge in [0.15, 0.2) is 0 Å². The lowest BCUT2D eigenvalue weighted by atomic mass is 10.0. The summed E-state index contributed by atoms with van der Waals surface area (Å²) in [5.74, 6) is 1.31. The lowest BCUT2D eigenvalue weighted by molar-refractivity contribution is -0.120. The van der Waals surface area contributed by atoms with Gasteiger partial charge < -0.3 is 10.6 Å². The smallest absolute Gasteiger partial charge is 0.242 e. The van der Waals surface area contributed by atoms with Crippen LogP contribution in [0.4, 0.5) is 11.4 Å². The Kier molecular flexibility index (Phi) is 4.40. The van der Waals surface area contributed by atoms with Gasteiger partial charge in [0.05, 0.1) is 4.75 Å². The molecule has 1 heterocycles. The fourth-order valence-corrected chi connectivity index (χ4v) is 3.76. The van der Waals surface area contributed by atoms with Crippen molar-refractivity contribution in [2.24, 2.45) is 0 Å². The summed E-state index contributed by atoms with van der Waals surface area (Å²) in [5, 5.41) is 0. The molecule has 0 aliphatic carbocycles. The molecule has 1 aromatic rings. The number of rotatable bonds is 4. The Hall–Kier alpha value is -1.16. The molecule has 1 aromatic carbocycles. The molecule has 1 saturated heterocycles. The zero-order valence-corrected chi connectivity index (χ0v) is 12.5. The summed E-state index contributed by atoms with van der Waals surface area (Å²) in [4.78, 5) is 14.7. The van der Waals surface area contributed by atoms with E-state index in [1.165, 1.54) is 0 Å². The van der Waals surface area contributed by atoms with E-state index in [2.05, 4.69) is 13.8 Å². The van der Waals surface area contributed by atoms with Crippen LogP contribution in [-0.4, -0.2) is 23.0 Å². The first-order valence-corrected chi connectivity index (χ1v) is 7.87. The molecule has 0 spiro atoms. The van der Waals surface area contributed by atoms with E-state index in [0.29, 0.717) is 5.69 Å². The zero-order valence-electron chi connectivity index (χ0n) is 11.7. The van der Waals surface area contributed by atoms with E-state index < -0.39 is 0 Å². The molecule has 4 heteroatoms. The van der Waals surface area contributed by atoms with Crippen molar-refractivity contribution in [1.29, 1.82) is 0 Å². The van der Waals surface area contributed by atoms with Gasteiger partial charge in [-0.25, -0.2) is 0 Å². The highest BCUT2D eigenvalue weighted by Gasteiger charge is 2.40. The molecule has 2 rings (SSSR count). The van der Waals surface area contributed by atoms with Gasteiger partial charge in [0.1, 0.15) is 0 Å². The van der Waals surface area contributed by atoms with Crippen LogP contribution in [0.1, 0.15) is 33.1 Å². The van der Waals surface area contributed by atoms with Crippen LogP contribution in [0.25, 0.3) is 0 Å². The number of hydrogen-bond donors (Lipinski definition) is 1. The molecule has 0 saturated carbocycles. The van der Waals surface area contributed by atoms with Crippen molar-refractivity contribution >= 4 is 29.0 Å². The van der Waals surface area contributed by atoms with Crippen LogP contribution in [0.5, 0.6) is 0 Å². The van der Waals surface area contributed by atoms with Gasteiger partial charge in [-0.3, -0.25) is 4.79 Å². The van der Waals surface area contributed by atoms with E-state index in [0.717, 1.165) is 37.2 Å². The third kappa shape index (κ3) is 3.06. The number of benzene rings is 1. The van der Waals surface area contributed by atoms with Gasteiger partial charge in [-0.05, 0) is 50.1 Å². The van der Waals surface area contributed by atoms with Gasteiger partial charge in [0.2, 0.25) is 5.91 Å². The zero-order chi connectivity index (χ0) is 13.9. The third-order valence-corrected chi connectivity index (χ3v) is 5.05. The van der Waals surface area contributed by atoms with Crippen LogP contribution in [0, 0.1) is 0 Å². The standard InChI is InChI=1S/C15H22N2OS/c1-3-9-17(13-7-4-6-12(16)11-13)14(18)15(2)8-5-10-19-15/h4,6-7,11H,3,5,8-10,16H2,1-2H3. The molecular formula is C15H22N2OS. The summed E-state index contributed by atoms with van der Waals surface area (Å²) in [6.45, 7) is 4.91. The van der Waals surface area contributed by atoms with E-state index in [1.54, 1.807) is 11.8 Å². The van der Waals surface area contributed by atoms with Crippen LogP contribution in [0.2, 0.25) is 0 Å². The van der Waals surface area contributed by atoms with Crippen LogP contribution in [0.15, 0.2) is 24.3 Å². The van der Waals surface area contributed by atoms with Gasteiger partial charge in [0, 0.05) is 17.9 Å². The van der Waals surface area contributed by atoms with Crippen LogP contribution in [-0.2, 0) is 4.79 Å². The predicted octanol–water partition coefficient (Wildman–Crippen LogP) is 3.30. The van der Waals surface area contributed by atoms with Gasteiger partial charge in [-0.2, -0.15) is 0 Å². The highest BCUT2D eigenvalue weighted by molar-refractivity contribution is 8.01. The molecule has 3 nitrogen and oxygen atoms in total. The molecule has 0 radical (unpaired) electrons. The predicted molar refractivity (Wildman–Crippen MR) is 83.6 cm³/mol. The molecule has 1 aliphatic rings. The normalized spacial score (nSPS) is 22.4. The second-order valence-corrected chi connectivity index (χ2v) is 6.83. The highest BCUT2D eigenvalue weighted by atomic mass is 32.2. The number of nitrogen functional groups attached to an aromatic ring is 1. The Morgan fingerprint density at radius 2 is 2.32 bits per heavy atom. The maximum Gasteiger partial charge on any atom is 0.242 e. The molecular weight excluding hydrogens is 256 g/mol. The van der Waals surface area contributed by atoms with Gasteiger partial charge in [0.25, 0.3) is 0 Å². The number of nitrogens with two attached hydrogens (primary N) is 1. The van der Waals surface area contributed by atoms with Crippen molar-refractivity contribution in [2.75, 3.05) is 22.9 Å².